The maximum Gasteiger partial charge on any atom is 0.399 e. The van der Waals surface area contributed by atoms with E-state index < -0.39 is 27.3 Å². The number of esters is 1. The fraction of sp³-hybridized carbons (Fsp3) is 0.533. The first kappa shape index (κ1) is 18.3. The highest BCUT2D eigenvalue weighted by Gasteiger charge is 2.61. The SMILES string of the molecule is CCOC(=O)C1([N+]#N)CCCc2ccccc2C1([O-])[N-]S(C)(=O)=O. The highest BCUT2D eigenvalue weighted by atomic mass is 32.2. The lowest BCUT2D eigenvalue weighted by atomic mass is 9.80. The van der Waals surface area contributed by atoms with E-state index in [4.69, 9.17) is 4.74 Å². The van der Waals surface area contributed by atoms with Crippen LogP contribution in [0.1, 0.15) is 30.9 Å². The third-order valence-electron chi connectivity index (χ3n) is 4.01. The second kappa shape index (κ2) is 6.47. The summed E-state index contributed by atoms with van der Waals surface area (Å²) in [6.45, 7) is 1.49. The van der Waals surface area contributed by atoms with Crippen molar-refractivity contribution >= 4 is 16.0 Å². The molecule has 0 fully saturated rings. The number of ether oxygens (including phenoxy) is 1. The molecule has 24 heavy (non-hydrogen) atoms. The van der Waals surface area contributed by atoms with Crippen LogP contribution in [0.5, 0.6) is 0 Å². The van der Waals surface area contributed by atoms with Crippen molar-refractivity contribution in [2.24, 2.45) is 0 Å². The molecule has 1 aliphatic rings. The van der Waals surface area contributed by atoms with Gasteiger partial charge in [-0.15, -0.1) is 0 Å². The third-order valence-corrected chi connectivity index (χ3v) is 4.59. The van der Waals surface area contributed by atoms with Crippen molar-refractivity contribution in [2.45, 2.75) is 37.5 Å². The summed E-state index contributed by atoms with van der Waals surface area (Å²) in [5, 5.41) is 23.3. The van der Waals surface area contributed by atoms with Gasteiger partial charge in [0, 0.05) is 12.7 Å². The molecule has 0 N–H and O–H groups in total. The van der Waals surface area contributed by atoms with E-state index in [0.29, 0.717) is 18.4 Å². The molecule has 9 heteroatoms. The molecule has 2 atom stereocenters. The van der Waals surface area contributed by atoms with Gasteiger partial charge in [0.15, 0.2) is 0 Å². The van der Waals surface area contributed by atoms with Gasteiger partial charge in [-0.1, -0.05) is 35.6 Å². The molecule has 0 spiro atoms. The molecular weight excluding hydrogens is 334 g/mol. The Balaban J connectivity index is 2.78. The number of carbonyl (C=O) groups is 1. The summed E-state index contributed by atoms with van der Waals surface area (Å²) in [5.74, 6) is -1.09. The number of rotatable bonds is 4. The summed E-state index contributed by atoms with van der Waals surface area (Å²) < 4.78 is 31.8. The predicted octanol–water partition coefficient (Wildman–Crippen LogP) is 1.02. The zero-order valence-corrected chi connectivity index (χ0v) is 14.2. The fourth-order valence-electron chi connectivity index (χ4n) is 3.00. The van der Waals surface area contributed by atoms with E-state index in [1.807, 2.05) is 0 Å². The summed E-state index contributed by atoms with van der Waals surface area (Å²) in [7, 11) is -4.14. The van der Waals surface area contributed by atoms with Crippen LogP contribution >= 0.6 is 0 Å². The monoisotopic (exact) mass is 352 g/mol. The molecule has 0 radical (unpaired) electrons. The molecule has 1 aliphatic carbocycles. The standard InChI is InChI=1S/C15H18N3O5S/c1-3-23-13(19)14(17-16)10-6-8-11-7-4-5-9-12(11)15(14,20)18-24(2,21)22/h4-5,7,9H,3,6,8,10H2,1-2H3/q-1. The Morgan fingerprint density at radius 1 is 1.46 bits per heavy atom. The highest BCUT2D eigenvalue weighted by Crippen LogP contribution is 2.47. The maximum atomic E-state index is 13.7. The van der Waals surface area contributed by atoms with Crippen LogP contribution in [0.25, 0.3) is 9.70 Å². The second-order valence-corrected chi connectivity index (χ2v) is 7.31. The minimum absolute atomic E-state index is 0.00113. The first-order valence-electron chi connectivity index (χ1n) is 7.46. The Kier molecular flexibility index (Phi) is 4.94. The zero-order valence-electron chi connectivity index (χ0n) is 13.4. The van der Waals surface area contributed by atoms with E-state index in [-0.39, 0.29) is 18.6 Å². The fourth-order valence-corrected chi connectivity index (χ4v) is 3.72. The van der Waals surface area contributed by atoms with E-state index in [0.717, 1.165) is 6.26 Å². The van der Waals surface area contributed by atoms with Crippen molar-refractivity contribution in [3.05, 3.63) is 45.1 Å². The molecule has 8 nitrogen and oxygen atoms in total. The van der Waals surface area contributed by atoms with Gasteiger partial charge < -0.3 is 14.6 Å². The molecule has 0 heterocycles. The van der Waals surface area contributed by atoms with Crippen molar-refractivity contribution in [2.75, 3.05) is 12.9 Å². The highest BCUT2D eigenvalue weighted by molar-refractivity contribution is 7.93. The minimum atomic E-state index is -4.14. The van der Waals surface area contributed by atoms with Crippen LogP contribution in [0.4, 0.5) is 0 Å². The van der Waals surface area contributed by atoms with E-state index in [1.165, 1.54) is 13.0 Å². The number of aryl methyl sites for hydroxylation is 1. The lowest BCUT2D eigenvalue weighted by Crippen LogP contribution is -2.62. The maximum absolute atomic E-state index is 13.7. The lowest BCUT2D eigenvalue weighted by molar-refractivity contribution is -0.481. The molecule has 0 aliphatic heterocycles. The van der Waals surface area contributed by atoms with E-state index in [2.05, 4.69) is 9.70 Å². The van der Waals surface area contributed by atoms with Crippen molar-refractivity contribution < 1.29 is 23.1 Å². The largest absolute Gasteiger partial charge is 0.856 e. The Hall–Kier alpha value is -2.02. The number of hydrogen-bond donors (Lipinski definition) is 0. The van der Waals surface area contributed by atoms with Gasteiger partial charge in [0.1, 0.15) is 4.98 Å². The third kappa shape index (κ3) is 3.00. The van der Waals surface area contributed by atoms with Crippen molar-refractivity contribution in [3.8, 4) is 0 Å². The van der Waals surface area contributed by atoms with Gasteiger partial charge in [-0.2, -0.15) is 0 Å². The number of diazo groups is 1. The van der Waals surface area contributed by atoms with Gasteiger partial charge in [-0.05, 0) is 25.3 Å². The summed E-state index contributed by atoms with van der Waals surface area (Å²) in [6, 6.07) is 6.31. The quantitative estimate of drug-likeness (QED) is 0.452. The smallest absolute Gasteiger partial charge is 0.399 e. The van der Waals surface area contributed by atoms with E-state index >= 15 is 0 Å². The van der Waals surface area contributed by atoms with Crippen molar-refractivity contribution in [1.29, 1.82) is 5.39 Å². The van der Waals surface area contributed by atoms with Gasteiger partial charge in [-0.25, -0.2) is 13.2 Å². The van der Waals surface area contributed by atoms with Crippen LogP contribution in [0.2, 0.25) is 0 Å². The van der Waals surface area contributed by atoms with Crippen LogP contribution in [-0.4, -0.2) is 32.8 Å². The lowest BCUT2D eigenvalue weighted by Gasteiger charge is -2.54. The van der Waals surface area contributed by atoms with Crippen LogP contribution in [0.3, 0.4) is 0 Å². The van der Waals surface area contributed by atoms with Crippen LogP contribution in [-0.2, 0) is 31.7 Å². The van der Waals surface area contributed by atoms with Gasteiger partial charge in [0.2, 0.25) is 5.39 Å². The van der Waals surface area contributed by atoms with Gasteiger partial charge >= 0.3 is 11.5 Å². The number of benzene rings is 1. The Morgan fingerprint density at radius 2 is 2.12 bits per heavy atom. The van der Waals surface area contributed by atoms with Crippen molar-refractivity contribution in [1.82, 2.24) is 0 Å². The molecular formula is C15H18N3O5S-. The normalized spacial score (nSPS) is 26.8. The number of fused-ring (bicyclic) bond motifs is 1. The van der Waals surface area contributed by atoms with Gasteiger partial charge in [0.05, 0.1) is 16.6 Å². The molecule has 0 amide bonds. The molecule has 2 rings (SSSR count). The van der Waals surface area contributed by atoms with Gasteiger partial charge in [-0.3, -0.25) is 0 Å². The summed E-state index contributed by atoms with van der Waals surface area (Å²) in [4.78, 5) is 15.5. The summed E-state index contributed by atoms with van der Waals surface area (Å²) >= 11 is 0. The first-order valence-corrected chi connectivity index (χ1v) is 9.31. The Labute approximate surface area is 140 Å². The molecule has 0 bridgehead atoms. The molecule has 1 aromatic rings. The number of carbonyl (C=O) groups excluding carboxylic acids is 1. The molecule has 0 saturated heterocycles. The average Bonchev–Trinajstić information content (AvgIpc) is 2.61. The number of nitrogens with zero attached hydrogens (tertiary/aromatic N) is 3. The van der Waals surface area contributed by atoms with Crippen LogP contribution < -0.4 is 5.11 Å². The Bertz CT molecular complexity index is 789. The summed E-state index contributed by atoms with van der Waals surface area (Å²) in [6.07, 6.45) is 1.34. The minimum Gasteiger partial charge on any atom is -0.856 e. The predicted molar refractivity (Wildman–Crippen MR) is 83.7 cm³/mol. The zero-order chi connectivity index (χ0) is 18.0. The average molecular weight is 352 g/mol. The molecule has 2 unspecified atom stereocenters. The molecule has 1 aromatic carbocycles. The molecule has 0 saturated carbocycles. The van der Waals surface area contributed by atoms with E-state index in [9.17, 15) is 23.7 Å². The number of sulfonamides is 1. The van der Waals surface area contributed by atoms with Crippen molar-refractivity contribution in [3.63, 3.8) is 0 Å². The molecule has 130 valence electrons. The second-order valence-electron chi connectivity index (χ2n) is 5.66. The first-order chi connectivity index (χ1) is 11.2. The summed E-state index contributed by atoms with van der Waals surface area (Å²) in [5.41, 5.74) is -4.64. The Morgan fingerprint density at radius 3 is 2.71 bits per heavy atom. The van der Waals surface area contributed by atoms with E-state index in [1.54, 1.807) is 18.2 Å². The topological polar surface area (TPSA) is 126 Å². The molecule has 0 aromatic heterocycles. The van der Waals surface area contributed by atoms with Gasteiger partial charge in [0.25, 0.3) is 0 Å². The number of hydrogen-bond acceptors (Lipinski definition) is 6. The van der Waals surface area contributed by atoms with Crippen LogP contribution in [0, 0.1) is 5.39 Å². The van der Waals surface area contributed by atoms with Crippen LogP contribution in [0.15, 0.2) is 24.3 Å².